The molecule has 0 atom stereocenters. The Bertz CT molecular complexity index is 587. The van der Waals surface area contributed by atoms with Crippen LogP contribution in [0.5, 0.6) is 0 Å². The van der Waals surface area contributed by atoms with Crippen molar-refractivity contribution in [2.24, 2.45) is 0 Å². The fraction of sp³-hybridized carbons (Fsp3) is 0.583. The Hall–Kier alpha value is -1.38. The maximum absolute atomic E-state index is 12.2. The van der Waals surface area contributed by atoms with E-state index in [0.717, 1.165) is 25.9 Å². The summed E-state index contributed by atoms with van der Waals surface area (Å²) in [5.74, 6) is -0.392. The molecule has 0 unspecified atom stereocenters. The van der Waals surface area contributed by atoms with E-state index in [4.69, 9.17) is 4.42 Å². The number of rotatable bonds is 4. The highest BCUT2D eigenvalue weighted by atomic mass is 32.2. The summed E-state index contributed by atoms with van der Waals surface area (Å²) in [4.78, 5) is 11.5. The number of ether oxygens (including phenoxy) is 1. The number of hydrogen-bond acceptors (Lipinski definition) is 6. The van der Waals surface area contributed by atoms with E-state index < -0.39 is 16.0 Å². The van der Waals surface area contributed by atoms with Crippen LogP contribution in [0.4, 0.5) is 0 Å². The van der Waals surface area contributed by atoms with E-state index in [1.165, 1.54) is 20.1 Å². The van der Waals surface area contributed by atoms with Gasteiger partial charge in [-0.3, -0.25) is 0 Å². The number of esters is 1. The summed E-state index contributed by atoms with van der Waals surface area (Å²) < 4.78 is 36.7. The molecule has 0 aromatic carbocycles. The lowest BCUT2D eigenvalue weighted by Crippen LogP contribution is -2.42. The van der Waals surface area contributed by atoms with Crippen LogP contribution >= 0.6 is 0 Å². The smallest absolute Gasteiger partial charge is 0.341 e. The summed E-state index contributed by atoms with van der Waals surface area (Å²) >= 11 is 0. The second-order valence-corrected chi connectivity index (χ2v) is 6.32. The predicted octanol–water partition coefficient (Wildman–Crippen LogP) is 0.405. The Morgan fingerprint density at radius 1 is 1.45 bits per heavy atom. The number of carbonyl (C=O) groups excluding carboxylic acids is 1. The zero-order chi connectivity index (χ0) is 14.8. The van der Waals surface area contributed by atoms with Gasteiger partial charge in [-0.2, -0.15) is 0 Å². The molecule has 8 heteroatoms. The Labute approximate surface area is 117 Å². The molecule has 1 aromatic rings. The Morgan fingerprint density at radius 3 is 2.70 bits per heavy atom. The van der Waals surface area contributed by atoms with Gasteiger partial charge in [0.15, 0.2) is 0 Å². The van der Waals surface area contributed by atoms with E-state index in [0.29, 0.717) is 0 Å². The van der Waals surface area contributed by atoms with E-state index in [2.05, 4.69) is 14.8 Å². The van der Waals surface area contributed by atoms with E-state index in [1.54, 1.807) is 0 Å². The van der Waals surface area contributed by atoms with Gasteiger partial charge in [0.25, 0.3) is 10.0 Å². The molecule has 0 saturated carbocycles. The van der Waals surface area contributed by atoms with E-state index in [-0.39, 0.29) is 22.5 Å². The molecule has 0 spiro atoms. The number of methoxy groups -OCH3 is 1. The van der Waals surface area contributed by atoms with Crippen molar-refractivity contribution in [1.82, 2.24) is 10.0 Å². The number of piperidine rings is 1. The highest BCUT2D eigenvalue weighted by molar-refractivity contribution is 7.89. The van der Waals surface area contributed by atoms with Crippen LogP contribution in [0.15, 0.2) is 15.6 Å². The van der Waals surface area contributed by atoms with Crippen molar-refractivity contribution in [3.8, 4) is 0 Å². The molecule has 2 N–H and O–H groups in total. The molecule has 1 aromatic heterocycles. The third-order valence-corrected chi connectivity index (χ3v) is 4.60. The summed E-state index contributed by atoms with van der Waals surface area (Å²) in [6.07, 6.45) is 1.45. The Kier molecular flexibility index (Phi) is 4.46. The molecule has 7 nitrogen and oxygen atoms in total. The molecule has 112 valence electrons. The average molecular weight is 302 g/mol. The summed E-state index contributed by atoms with van der Waals surface area (Å²) in [6.45, 7) is 3.07. The first-order valence-corrected chi connectivity index (χ1v) is 7.84. The van der Waals surface area contributed by atoms with Gasteiger partial charge >= 0.3 is 5.97 Å². The average Bonchev–Trinajstić information content (AvgIpc) is 2.81. The summed E-state index contributed by atoms with van der Waals surface area (Å²) in [6, 6.07) is 1.08. The molecule has 1 aliphatic heterocycles. The SMILES string of the molecule is COC(=O)c1cc(S(=O)(=O)NC2CCNCC2)oc1C. The topological polar surface area (TPSA) is 97.6 Å². The Morgan fingerprint density at radius 2 is 2.10 bits per heavy atom. The zero-order valence-corrected chi connectivity index (χ0v) is 12.2. The molecule has 1 saturated heterocycles. The van der Waals surface area contributed by atoms with Crippen LogP contribution in [-0.4, -0.2) is 40.6 Å². The van der Waals surface area contributed by atoms with Crippen LogP contribution in [0.2, 0.25) is 0 Å². The molecule has 0 bridgehead atoms. The van der Waals surface area contributed by atoms with Gasteiger partial charge in [0.1, 0.15) is 11.3 Å². The molecule has 1 fully saturated rings. The summed E-state index contributed by atoms with van der Waals surface area (Å²) in [5, 5.41) is 2.90. The second kappa shape index (κ2) is 5.94. The van der Waals surface area contributed by atoms with Crippen molar-refractivity contribution >= 4 is 16.0 Å². The van der Waals surface area contributed by atoms with Crippen LogP contribution in [0.3, 0.4) is 0 Å². The number of carbonyl (C=O) groups is 1. The molecule has 0 aliphatic carbocycles. The number of hydrogen-bond donors (Lipinski definition) is 2. The van der Waals surface area contributed by atoms with E-state index in [9.17, 15) is 13.2 Å². The molecule has 2 heterocycles. The largest absolute Gasteiger partial charge is 0.465 e. The first-order valence-electron chi connectivity index (χ1n) is 6.36. The van der Waals surface area contributed by atoms with Crippen molar-refractivity contribution in [1.29, 1.82) is 0 Å². The number of sulfonamides is 1. The standard InChI is InChI=1S/C12H18N2O5S/c1-8-10(12(15)18-2)7-11(19-8)20(16,17)14-9-3-5-13-6-4-9/h7,9,13-14H,3-6H2,1-2H3. The second-order valence-electron chi connectivity index (χ2n) is 4.67. The Balaban J connectivity index is 2.19. The van der Waals surface area contributed by atoms with Crippen LogP contribution in [0, 0.1) is 6.92 Å². The van der Waals surface area contributed by atoms with E-state index in [1.807, 2.05) is 0 Å². The number of aryl methyl sites for hydroxylation is 1. The molecule has 0 radical (unpaired) electrons. The molecule has 1 aliphatic rings. The van der Waals surface area contributed by atoms with Crippen molar-refractivity contribution in [3.05, 3.63) is 17.4 Å². The number of nitrogens with one attached hydrogen (secondary N) is 2. The maximum Gasteiger partial charge on any atom is 0.341 e. The molecular formula is C12H18N2O5S. The molecule has 20 heavy (non-hydrogen) atoms. The van der Waals surface area contributed by atoms with Crippen molar-refractivity contribution in [3.63, 3.8) is 0 Å². The normalized spacial score (nSPS) is 17.1. The van der Waals surface area contributed by atoms with Crippen molar-refractivity contribution < 1.29 is 22.4 Å². The highest BCUT2D eigenvalue weighted by Crippen LogP contribution is 2.20. The first kappa shape index (κ1) is 15.0. The minimum absolute atomic E-state index is 0.117. The van der Waals surface area contributed by atoms with Gasteiger partial charge in [-0.15, -0.1) is 0 Å². The minimum Gasteiger partial charge on any atom is -0.465 e. The van der Waals surface area contributed by atoms with Crippen LogP contribution < -0.4 is 10.0 Å². The van der Waals surface area contributed by atoms with Crippen LogP contribution in [-0.2, 0) is 14.8 Å². The summed E-state index contributed by atoms with van der Waals surface area (Å²) in [7, 11) is -2.52. The van der Waals surface area contributed by atoms with Crippen LogP contribution in [0.25, 0.3) is 0 Å². The first-order chi connectivity index (χ1) is 9.44. The lowest BCUT2D eigenvalue weighted by Gasteiger charge is -2.22. The summed E-state index contributed by atoms with van der Waals surface area (Å²) in [5.41, 5.74) is 0.123. The van der Waals surface area contributed by atoms with Crippen molar-refractivity contribution in [2.45, 2.75) is 30.9 Å². The minimum atomic E-state index is -3.76. The predicted molar refractivity (Wildman–Crippen MR) is 71.0 cm³/mol. The molecule has 2 rings (SSSR count). The molecule has 0 amide bonds. The third kappa shape index (κ3) is 3.20. The quantitative estimate of drug-likeness (QED) is 0.782. The lowest BCUT2D eigenvalue weighted by atomic mass is 10.1. The van der Waals surface area contributed by atoms with Gasteiger partial charge in [-0.1, -0.05) is 0 Å². The number of furan rings is 1. The van der Waals surface area contributed by atoms with Gasteiger partial charge in [0.05, 0.1) is 7.11 Å². The third-order valence-electron chi connectivity index (χ3n) is 3.23. The van der Waals surface area contributed by atoms with Gasteiger partial charge in [-0.05, 0) is 32.9 Å². The monoisotopic (exact) mass is 302 g/mol. The zero-order valence-electron chi connectivity index (χ0n) is 11.4. The highest BCUT2D eigenvalue weighted by Gasteiger charge is 2.27. The van der Waals surface area contributed by atoms with Gasteiger partial charge in [-0.25, -0.2) is 17.9 Å². The van der Waals surface area contributed by atoms with E-state index >= 15 is 0 Å². The maximum atomic E-state index is 12.2. The lowest BCUT2D eigenvalue weighted by molar-refractivity contribution is 0.0599. The van der Waals surface area contributed by atoms with Gasteiger partial charge < -0.3 is 14.5 Å². The fourth-order valence-electron chi connectivity index (χ4n) is 2.12. The van der Waals surface area contributed by atoms with Gasteiger partial charge in [0, 0.05) is 12.1 Å². The van der Waals surface area contributed by atoms with Gasteiger partial charge in [0.2, 0.25) is 5.09 Å². The fourth-order valence-corrected chi connectivity index (χ4v) is 3.42. The van der Waals surface area contributed by atoms with Crippen molar-refractivity contribution in [2.75, 3.05) is 20.2 Å². The van der Waals surface area contributed by atoms with Crippen LogP contribution in [0.1, 0.15) is 29.0 Å². The molecular weight excluding hydrogens is 284 g/mol.